The molecule has 1 aliphatic rings. The maximum atomic E-state index is 13.0. The molecule has 0 aliphatic heterocycles. The first-order valence-corrected chi connectivity index (χ1v) is 10.6. The van der Waals surface area contributed by atoms with Gasteiger partial charge in [0, 0.05) is 36.3 Å². The lowest BCUT2D eigenvalue weighted by Crippen LogP contribution is -2.17. The third kappa shape index (κ3) is 5.60. The number of rotatable bonds is 7. The summed E-state index contributed by atoms with van der Waals surface area (Å²) in [4.78, 5) is 12.4. The molecule has 0 saturated heterocycles. The first kappa shape index (κ1) is 23.8. The SMILES string of the molecule is Cc1cc(NC(=O)CCn2nc(C(F)(F)F)cc2C2CC2)nn1Cc1cccc(C(F)(F)F)c1. The molecule has 1 aliphatic carbocycles. The Morgan fingerprint density at radius 1 is 1.03 bits per heavy atom. The molecule has 4 rings (SSSR count). The summed E-state index contributed by atoms with van der Waals surface area (Å²) in [7, 11) is 0. The first-order valence-electron chi connectivity index (χ1n) is 10.6. The van der Waals surface area contributed by atoms with Gasteiger partial charge < -0.3 is 5.32 Å². The number of aryl methyl sites for hydroxylation is 2. The van der Waals surface area contributed by atoms with Crippen molar-refractivity contribution in [3.8, 4) is 0 Å². The van der Waals surface area contributed by atoms with E-state index in [2.05, 4.69) is 15.5 Å². The van der Waals surface area contributed by atoms with Gasteiger partial charge in [-0.05, 0) is 43.5 Å². The van der Waals surface area contributed by atoms with Crippen LogP contribution in [0.15, 0.2) is 36.4 Å². The van der Waals surface area contributed by atoms with Crippen LogP contribution < -0.4 is 5.32 Å². The summed E-state index contributed by atoms with van der Waals surface area (Å²) in [5.41, 5.74) is -0.252. The third-order valence-electron chi connectivity index (χ3n) is 5.48. The van der Waals surface area contributed by atoms with Gasteiger partial charge in [0.2, 0.25) is 5.91 Å². The summed E-state index contributed by atoms with van der Waals surface area (Å²) in [6, 6.07) is 7.48. The van der Waals surface area contributed by atoms with E-state index < -0.39 is 29.5 Å². The Morgan fingerprint density at radius 3 is 2.41 bits per heavy atom. The van der Waals surface area contributed by atoms with Crippen LogP contribution >= 0.6 is 0 Å². The van der Waals surface area contributed by atoms with Gasteiger partial charge >= 0.3 is 12.4 Å². The van der Waals surface area contributed by atoms with Gasteiger partial charge in [-0.15, -0.1) is 0 Å². The standard InChI is InChI=1S/C22H21F6N5O/c1-13-9-19(31-33(13)12-14-3-2-4-16(10-14)21(23,24)25)29-20(34)7-8-32-17(15-5-6-15)11-18(30-32)22(26,27)28/h2-4,9-11,15H,5-8,12H2,1H3,(H,29,31,34). The van der Waals surface area contributed by atoms with E-state index in [4.69, 9.17) is 0 Å². The Balaban J connectivity index is 1.39. The molecular formula is C22H21F6N5O. The number of hydrogen-bond acceptors (Lipinski definition) is 3. The van der Waals surface area contributed by atoms with Gasteiger partial charge in [0.15, 0.2) is 11.5 Å². The van der Waals surface area contributed by atoms with Crippen molar-refractivity contribution in [2.75, 3.05) is 5.32 Å². The summed E-state index contributed by atoms with van der Waals surface area (Å²) in [6.45, 7) is 1.75. The average molecular weight is 485 g/mol. The molecule has 0 spiro atoms. The van der Waals surface area contributed by atoms with Gasteiger partial charge in [0.25, 0.3) is 0 Å². The highest BCUT2D eigenvalue weighted by Gasteiger charge is 2.37. The van der Waals surface area contributed by atoms with Crippen LogP contribution in [0.1, 0.15) is 53.4 Å². The third-order valence-corrected chi connectivity index (χ3v) is 5.48. The van der Waals surface area contributed by atoms with Crippen LogP contribution in [0.5, 0.6) is 0 Å². The van der Waals surface area contributed by atoms with Crippen LogP contribution in [0.2, 0.25) is 0 Å². The summed E-state index contributed by atoms with van der Waals surface area (Å²) < 4.78 is 80.5. The van der Waals surface area contributed by atoms with Gasteiger partial charge in [-0.3, -0.25) is 14.2 Å². The second-order valence-corrected chi connectivity index (χ2v) is 8.27. The van der Waals surface area contributed by atoms with Crippen molar-refractivity contribution in [1.82, 2.24) is 19.6 Å². The molecule has 2 aromatic heterocycles. The Morgan fingerprint density at radius 2 is 1.76 bits per heavy atom. The average Bonchev–Trinajstić information content (AvgIpc) is 3.39. The lowest BCUT2D eigenvalue weighted by Gasteiger charge is -2.09. The number of halogens is 6. The number of carbonyl (C=O) groups excluding carboxylic acids is 1. The molecule has 0 radical (unpaired) electrons. The number of amides is 1. The Labute approximate surface area is 190 Å². The summed E-state index contributed by atoms with van der Waals surface area (Å²) in [5.74, 6) is -0.233. The van der Waals surface area contributed by atoms with E-state index in [0.717, 1.165) is 31.0 Å². The van der Waals surface area contributed by atoms with Crippen molar-refractivity contribution in [2.45, 2.75) is 57.5 Å². The van der Waals surface area contributed by atoms with E-state index in [1.165, 1.54) is 15.4 Å². The molecule has 34 heavy (non-hydrogen) atoms. The van der Waals surface area contributed by atoms with Crippen LogP contribution in [0.25, 0.3) is 0 Å². The van der Waals surface area contributed by atoms with Crippen LogP contribution in [0.4, 0.5) is 32.2 Å². The molecule has 12 heteroatoms. The van der Waals surface area contributed by atoms with E-state index >= 15 is 0 Å². The van der Waals surface area contributed by atoms with Gasteiger partial charge in [0.05, 0.1) is 12.1 Å². The van der Waals surface area contributed by atoms with Crippen molar-refractivity contribution in [3.05, 3.63) is 64.6 Å². The second kappa shape index (κ2) is 8.80. The normalized spacial score (nSPS) is 14.4. The fraction of sp³-hybridized carbons (Fsp3) is 0.409. The van der Waals surface area contributed by atoms with Gasteiger partial charge in [-0.25, -0.2) is 0 Å². The summed E-state index contributed by atoms with van der Waals surface area (Å²) >= 11 is 0. The maximum Gasteiger partial charge on any atom is 0.435 e. The number of hydrogen-bond donors (Lipinski definition) is 1. The number of nitrogens with one attached hydrogen (secondary N) is 1. The minimum absolute atomic E-state index is 0.0162. The Kier molecular flexibility index (Phi) is 6.17. The van der Waals surface area contributed by atoms with E-state index in [0.29, 0.717) is 17.0 Å². The zero-order valence-electron chi connectivity index (χ0n) is 18.0. The number of aromatic nitrogens is 4. The van der Waals surface area contributed by atoms with Gasteiger partial charge in [-0.2, -0.15) is 36.5 Å². The summed E-state index contributed by atoms with van der Waals surface area (Å²) in [6.07, 6.45) is -7.54. The number of alkyl halides is 6. The van der Waals surface area contributed by atoms with Crippen LogP contribution in [0.3, 0.4) is 0 Å². The quantitative estimate of drug-likeness (QED) is 0.457. The van der Waals surface area contributed by atoms with Crippen LogP contribution in [0, 0.1) is 6.92 Å². The molecule has 1 amide bonds. The van der Waals surface area contributed by atoms with E-state index in [1.54, 1.807) is 19.1 Å². The zero-order chi connectivity index (χ0) is 24.7. The monoisotopic (exact) mass is 485 g/mol. The number of nitrogens with zero attached hydrogens (tertiary/aromatic N) is 4. The maximum absolute atomic E-state index is 13.0. The van der Waals surface area contributed by atoms with E-state index in [-0.39, 0.29) is 31.2 Å². The predicted molar refractivity (Wildman–Crippen MR) is 110 cm³/mol. The zero-order valence-corrected chi connectivity index (χ0v) is 18.0. The smallest absolute Gasteiger partial charge is 0.309 e. The molecule has 1 saturated carbocycles. The molecular weight excluding hydrogens is 464 g/mol. The predicted octanol–water partition coefficient (Wildman–Crippen LogP) is 5.38. The molecule has 0 bridgehead atoms. The van der Waals surface area contributed by atoms with Crippen molar-refractivity contribution in [2.24, 2.45) is 0 Å². The first-order chi connectivity index (χ1) is 15.9. The molecule has 2 heterocycles. The van der Waals surface area contributed by atoms with Crippen molar-refractivity contribution in [3.63, 3.8) is 0 Å². The molecule has 0 atom stereocenters. The lowest BCUT2D eigenvalue weighted by atomic mass is 10.1. The fourth-order valence-electron chi connectivity index (χ4n) is 3.62. The highest BCUT2D eigenvalue weighted by atomic mass is 19.4. The van der Waals surface area contributed by atoms with Crippen molar-refractivity contribution in [1.29, 1.82) is 0 Å². The highest BCUT2D eigenvalue weighted by Crippen LogP contribution is 2.42. The molecule has 3 aromatic rings. The molecule has 1 fully saturated rings. The van der Waals surface area contributed by atoms with Crippen LogP contribution in [-0.2, 0) is 30.2 Å². The largest absolute Gasteiger partial charge is 0.435 e. The van der Waals surface area contributed by atoms with Gasteiger partial charge in [0.1, 0.15) is 0 Å². The van der Waals surface area contributed by atoms with E-state index in [9.17, 15) is 31.1 Å². The topological polar surface area (TPSA) is 64.7 Å². The molecule has 1 aromatic carbocycles. The second-order valence-electron chi connectivity index (χ2n) is 8.27. The van der Waals surface area contributed by atoms with Crippen molar-refractivity contribution < 1.29 is 31.1 Å². The Bertz CT molecular complexity index is 1190. The molecule has 6 nitrogen and oxygen atoms in total. The van der Waals surface area contributed by atoms with Crippen molar-refractivity contribution >= 4 is 11.7 Å². The Hall–Kier alpha value is -3.31. The molecule has 1 N–H and O–H groups in total. The highest BCUT2D eigenvalue weighted by molar-refractivity contribution is 5.89. The molecule has 0 unspecified atom stereocenters. The lowest BCUT2D eigenvalue weighted by molar-refractivity contribution is -0.141. The van der Waals surface area contributed by atoms with Crippen LogP contribution in [-0.4, -0.2) is 25.5 Å². The fourth-order valence-corrected chi connectivity index (χ4v) is 3.62. The van der Waals surface area contributed by atoms with E-state index in [1.807, 2.05) is 0 Å². The number of carbonyl (C=O) groups is 1. The minimum Gasteiger partial charge on any atom is -0.309 e. The van der Waals surface area contributed by atoms with Gasteiger partial charge in [-0.1, -0.05) is 12.1 Å². The number of anilines is 1. The minimum atomic E-state index is -4.55. The summed E-state index contributed by atoms with van der Waals surface area (Å²) in [5, 5.41) is 10.4. The number of benzene rings is 1. The molecule has 182 valence electrons.